The average Bonchev–Trinajstić information content (AvgIpc) is 2.40. The van der Waals surface area contributed by atoms with Crippen molar-refractivity contribution in [3.63, 3.8) is 0 Å². The summed E-state index contributed by atoms with van der Waals surface area (Å²) in [6.07, 6.45) is -1.14. The second-order valence-corrected chi connectivity index (χ2v) is 4.35. The Morgan fingerprint density at radius 3 is 2.30 bits per heavy atom. The highest BCUT2D eigenvalue weighted by atomic mass is 16.4. The fourth-order valence-electron chi connectivity index (χ4n) is 1.65. The molecule has 2 rings (SSSR count). The maximum Gasteiger partial charge on any atom is 0.409 e. The van der Waals surface area contributed by atoms with Crippen LogP contribution in [-0.2, 0) is 0 Å². The molecule has 1 amide bonds. The van der Waals surface area contributed by atoms with Gasteiger partial charge in [0.25, 0.3) is 0 Å². The molecule has 0 heterocycles. The Hall–Kier alpha value is -2.93. The molecular formula is C16H14N2O2. The molecule has 0 unspecified atom stereocenters. The molecule has 100 valence electrons. The zero-order valence-electron chi connectivity index (χ0n) is 11.0. The monoisotopic (exact) mass is 266 g/mol. The van der Waals surface area contributed by atoms with E-state index in [1.807, 2.05) is 31.2 Å². The van der Waals surface area contributed by atoms with E-state index in [9.17, 15) is 4.79 Å². The van der Waals surface area contributed by atoms with E-state index in [1.54, 1.807) is 18.2 Å². The minimum atomic E-state index is -1.14. The molecule has 0 atom stereocenters. The Bertz CT molecular complexity index is 695. The third-order valence-electron chi connectivity index (χ3n) is 2.70. The van der Waals surface area contributed by atoms with Crippen molar-refractivity contribution in [3.05, 3.63) is 59.2 Å². The second kappa shape index (κ2) is 5.81. The van der Waals surface area contributed by atoms with Gasteiger partial charge in [-0.3, -0.25) is 5.32 Å². The van der Waals surface area contributed by atoms with Crippen LogP contribution in [-0.4, -0.2) is 11.2 Å². The van der Waals surface area contributed by atoms with E-state index in [0.717, 1.165) is 11.1 Å². The fourth-order valence-corrected chi connectivity index (χ4v) is 1.65. The van der Waals surface area contributed by atoms with Gasteiger partial charge in [0.05, 0.1) is 11.4 Å². The molecule has 0 bridgehead atoms. The van der Waals surface area contributed by atoms with Gasteiger partial charge in [-0.1, -0.05) is 29.5 Å². The molecule has 4 N–H and O–H groups in total. The van der Waals surface area contributed by atoms with Crippen LogP contribution in [0.5, 0.6) is 0 Å². The zero-order chi connectivity index (χ0) is 14.5. The number of carboxylic acid groups (broad SMARTS) is 1. The van der Waals surface area contributed by atoms with Crippen molar-refractivity contribution >= 4 is 17.5 Å². The number of hydrogen-bond donors (Lipinski definition) is 3. The van der Waals surface area contributed by atoms with Gasteiger partial charge in [0.1, 0.15) is 0 Å². The molecule has 0 aliphatic rings. The van der Waals surface area contributed by atoms with E-state index in [-0.39, 0.29) is 0 Å². The van der Waals surface area contributed by atoms with Crippen molar-refractivity contribution in [1.82, 2.24) is 0 Å². The first-order valence-electron chi connectivity index (χ1n) is 6.03. The molecule has 0 saturated heterocycles. The van der Waals surface area contributed by atoms with Crippen LogP contribution < -0.4 is 11.1 Å². The van der Waals surface area contributed by atoms with Crippen LogP contribution in [0.15, 0.2) is 42.5 Å². The summed E-state index contributed by atoms with van der Waals surface area (Å²) in [5, 5.41) is 10.9. The van der Waals surface area contributed by atoms with E-state index in [4.69, 9.17) is 10.8 Å². The Kier molecular flexibility index (Phi) is 3.92. The second-order valence-electron chi connectivity index (χ2n) is 4.35. The predicted octanol–water partition coefficient (Wildman–Crippen LogP) is 3.07. The van der Waals surface area contributed by atoms with Gasteiger partial charge in [-0.15, -0.1) is 0 Å². The van der Waals surface area contributed by atoms with Crippen molar-refractivity contribution in [1.29, 1.82) is 0 Å². The number of benzene rings is 2. The standard InChI is InChI=1S/C16H14N2O2/c1-11-2-4-12(5-3-11)6-7-13-8-9-15(14(17)10-13)18-16(19)20/h2-5,8-10,18H,17H2,1H3,(H,19,20). The van der Waals surface area contributed by atoms with Crippen LogP contribution in [0.1, 0.15) is 16.7 Å². The molecule has 4 nitrogen and oxygen atoms in total. The molecule has 0 spiro atoms. The molecular weight excluding hydrogens is 252 g/mol. The molecule has 0 radical (unpaired) electrons. The van der Waals surface area contributed by atoms with Gasteiger partial charge in [-0.05, 0) is 37.3 Å². The van der Waals surface area contributed by atoms with E-state index in [2.05, 4.69) is 17.2 Å². The number of nitrogen functional groups attached to an aromatic ring is 1. The van der Waals surface area contributed by atoms with Crippen LogP contribution in [0.4, 0.5) is 16.2 Å². The minimum Gasteiger partial charge on any atom is -0.465 e. The maximum atomic E-state index is 10.5. The highest BCUT2D eigenvalue weighted by Gasteiger charge is 2.02. The molecule has 0 saturated carbocycles. The lowest BCUT2D eigenvalue weighted by Gasteiger charge is -2.04. The summed E-state index contributed by atoms with van der Waals surface area (Å²) in [5.74, 6) is 6.03. The third kappa shape index (κ3) is 3.53. The summed E-state index contributed by atoms with van der Waals surface area (Å²) < 4.78 is 0. The number of amides is 1. The Morgan fingerprint density at radius 2 is 1.70 bits per heavy atom. The Morgan fingerprint density at radius 1 is 1.10 bits per heavy atom. The first kappa shape index (κ1) is 13.5. The van der Waals surface area contributed by atoms with Crippen LogP contribution in [0.3, 0.4) is 0 Å². The van der Waals surface area contributed by atoms with E-state index in [0.29, 0.717) is 11.4 Å². The van der Waals surface area contributed by atoms with Crippen LogP contribution in [0.25, 0.3) is 0 Å². The summed E-state index contributed by atoms with van der Waals surface area (Å²) in [7, 11) is 0. The quantitative estimate of drug-likeness (QED) is 0.548. The number of aryl methyl sites for hydroxylation is 1. The molecule has 20 heavy (non-hydrogen) atoms. The van der Waals surface area contributed by atoms with Crippen molar-refractivity contribution in [2.45, 2.75) is 6.92 Å². The number of nitrogens with one attached hydrogen (secondary N) is 1. The van der Waals surface area contributed by atoms with Crippen molar-refractivity contribution in [2.24, 2.45) is 0 Å². The summed E-state index contributed by atoms with van der Waals surface area (Å²) >= 11 is 0. The van der Waals surface area contributed by atoms with E-state index < -0.39 is 6.09 Å². The van der Waals surface area contributed by atoms with E-state index >= 15 is 0 Å². The summed E-state index contributed by atoms with van der Waals surface area (Å²) in [4.78, 5) is 10.5. The molecule has 0 aliphatic carbocycles. The Labute approximate surface area is 117 Å². The number of rotatable bonds is 1. The van der Waals surface area contributed by atoms with Gasteiger partial charge < -0.3 is 10.8 Å². The number of anilines is 2. The smallest absolute Gasteiger partial charge is 0.409 e. The topological polar surface area (TPSA) is 75.3 Å². The summed E-state index contributed by atoms with van der Waals surface area (Å²) in [6.45, 7) is 2.02. The SMILES string of the molecule is Cc1ccc(C#Cc2ccc(NC(=O)O)c(N)c2)cc1. The van der Waals surface area contributed by atoms with Gasteiger partial charge >= 0.3 is 6.09 Å². The average molecular weight is 266 g/mol. The lowest BCUT2D eigenvalue weighted by molar-refractivity contribution is 0.210. The maximum absolute atomic E-state index is 10.5. The minimum absolute atomic E-state index is 0.350. The van der Waals surface area contributed by atoms with Gasteiger partial charge in [-0.25, -0.2) is 4.79 Å². The summed E-state index contributed by atoms with van der Waals surface area (Å²) in [5.41, 5.74) is 9.31. The first-order valence-corrected chi connectivity index (χ1v) is 6.03. The Balaban J connectivity index is 2.21. The molecule has 0 fully saturated rings. The summed E-state index contributed by atoms with van der Waals surface area (Å²) in [6, 6.07) is 12.9. The van der Waals surface area contributed by atoms with Gasteiger partial charge in [0.15, 0.2) is 0 Å². The number of hydrogen-bond acceptors (Lipinski definition) is 2. The van der Waals surface area contributed by atoms with Crippen molar-refractivity contribution in [2.75, 3.05) is 11.1 Å². The highest BCUT2D eigenvalue weighted by molar-refractivity contribution is 5.87. The molecule has 2 aromatic carbocycles. The van der Waals surface area contributed by atoms with E-state index in [1.165, 1.54) is 5.56 Å². The normalized spacial score (nSPS) is 9.45. The van der Waals surface area contributed by atoms with Gasteiger partial charge in [0.2, 0.25) is 0 Å². The number of nitrogens with two attached hydrogens (primary N) is 1. The largest absolute Gasteiger partial charge is 0.465 e. The fraction of sp³-hybridized carbons (Fsp3) is 0.0625. The van der Waals surface area contributed by atoms with Crippen molar-refractivity contribution in [3.8, 4) is 11.8 Å². The first-order chi connectivity index (χ1) is 9.54. The molecule has 2 aromatic rings. The molecule has 4 heteroatoms. The van der Waals surface area contributed by atoms with Crippen LogP contribution >= 0.6 is 0 Å². The molecule has 0 aromatic heterocycles. The third-order valence-corrected chi connectivity index (χ3v) is 2.70. The number of carbonyl (C=O) groups is 1. The van der Waals surface area contributed by atoms with Crippen LogP contribution in [0, 0.1) is 18.8 Å². The molecule has 0 aliphatic heterocycles. The van der Waals surface area contributed by atoms with Gasteiger partial charge in [-0.2, -0.15) is 0 Å². The predicted molar refractivity (Wildman–Crippen MR) is 79.7 cm³/mol. The van der Waals surface area contributed by atoms with Crippen molar-refractivity contribution < 1.29 is 9.90 Å². The lowest BCUT2D eigenvalue weighted by atomic mass is 10.1. The zero-order valence-corrected chi connectivity index (χ0v) is 11.0. The lowest BCUT2D eigenvalue weighted by Crippen LogP contribution is -2.09. The highest BCUT2D eigenvalue weighted by Crippen LogP contribution is 2.19. The van der Waals surface area contributed by atoms with Crippen LogP contribution in [0.2, 0.25) is 0 Å². The van der Waals surface area contributed by atoms with Gasteiger partial charge in [0, 0.05) is 11.1 Å².